The van der Waals surface area contributed by atoms with E-state index >= 15 is 0 Å². The molecule has 0 radical (unpaired) electrons. The van der Waals surface area contributed by atoms with Crippen molar-refractivity contribution in [3.05, 3.63) is 42.0 Å². The molecular weight excluding hydrogens is 276 g/mol. The van der Waals surface area contributed by atoms with Gasteiger partial charge in [-0.3, -0.25) is 4.79 Å². The molecule has 1 aromatic carbocycles. The van der Waals surface area contributed by atoms with Crippen LogP contribution in [-0.2, 0) is 0 Å². The number of anilines is 2. The van der Waals surface area contributed by atoms with E-state index in [1.807, 2.05) is 57.4 Å². The van der Waals surface area contributed by atoms with E-state index in [-0.39, 0.29) is 5.91 Å². The maximum Gasteiger partial charge on any atom is 0.254 e. The van der Waals surface area contributed by atoms with Crippen molar-refractivity contribution in [2.24, 2.45) is 0 Å². The highest BCUT2D eigenvalue weighted by atomic mass is 16.1. The monoisotopic (exact) mass is 298 g/mol. The maximum atomic E-state index is 11.9. The van der Waals surface area contributed by atoms with Crippen LogP contribution in [0.15, 0.2) is 36.4 Å². The fraction of sp³-hybridized carbons (Fsp3) is 0.294. The average molecular weight is 298 g/mol. The summed E-state index contributed by atoms with van der Waals surface area (Å²) in [6, 6.07) is 11.9. The van der Waals surface area contributed by atoms with Crippen LogP contribution in [-0.4, -0.2) is 46.1 Å². The summed E-state index contributed by atoms with van der Waals surface area (Å²) in [7, 11) is 9.40. The Kier molecular flexibility index (Phi) is 4.65. The van der Waals surface area contributed by atoms with Crippen molar-refractivity contribution in [1.29, 1.82) is 0 Å². The van der Waals surface area contributed by atoms with Crippen molar-refractivity contribution in [3.8, 4) is 11.3 Å². The molecule has 22 heavy (non-hydrogen) atoms. The van der Waals surface area contributed by atoms with E-state index < -0.39 is 0 Å². The van der Waals surface area contributed by atoms with Crippen molar-refractivity contribution in [2.75, 3.05) is 45.0 Å². The summed E-state index contributed by atoms with van der Waals surface area (Å²) in [5.74, 6) is 0.525. The third kappa shape index (κ3) is 3.19. The van der Waals surface area contributed by atoms with Gasteiger partial charge in [-0.25, -0.2) is 4.98 Å². The number of aromatic nitrogens is 1. The summed E-state index contributed by atoms with van der Waals surface area (Å²) >= 11 is 0. The molecule has 0 aliphatic carbocycles. The van der Waals surface area contributed by atoms with Gasteiger partial charge in [0.05, 0.1) is 11.3 Å². The Balaban J connectivity index is 2.51. The number of benzene rings is 1. The average Bonchev–Trinajstić information content (AvgIpc) is 2.53. The predicted molar refractivity (Wildman–Crippen MR) is 91.7 cm³/mol. The van der Waals surface area contributed by atoms with Crippen molar-refractivity contribution >= 4 is 17.4 Å². The molecule has 0 saturated carbocycles. The molecule has 0 unspecified atom stereocenters. The summed E-state index contributed by atoms with van der Waals surface area (Å²) in [5.41, 5.74) is 3.55. The lowest BCUT2D eigenvalue weighted by molar-refractivity contribution is 0.0963. The molecule has 2 aromatic rings. The SMILES string of the molecule is CNC(=O)c1ccc(-c2cccc(N(C)C)c2)nc1N(C)C. The van der Waals surface area contributed by atoms with Gasteiger partial charge in [0.1, 0.15) is 5.82 Å². The first-order chi connectivity index (χ1) is 10.4. The van der Waals surface area contributed by atoms with Gasteiger partial charge in [-0.2, -0.15) is 0 Å². The zero-order chi connectivity index (χ0) is 16.3. The van der Waals surface area contributed by atoms with Crippen LogP contribution in [0.25, 0.3) is 11.3 Å². The lowest BCUT2D eigenvalue weighted by atomic mass is 10.1. The van der Waals surface area contributed by atoms with E-state index in [1.165, 1.54) is 0 Å². The molecule has 5 nitrogen and oxygen atoms in total. The van der Waals surface area contributed by atoms with Crippen LogP contribution in [0, 0.1) is 0 Å². The summed E-state index contributed by atoms with van der Waals surface area (Å²) in [6.45, 7) is 0. The minimum atomic E-state index is -0.134. The van der Waals surface area contributed by atoms with Crippen LogP contribution in [0.4, 0.5) is 11.5 Å². The molecule has 0 aliphatic rings. The zero-order valence-electron chi connectivity index (χ0n) is 13.7. The van der Waals surface area contributed by atoms with Crippen molar-refractivity contribution in [2.45, 2.75) is 0 Å². The van der Waals surface area contributed by atoms with Gasteiger partial charge in [0.2, 0.25) is 0 Å². The molecule has 0 aliphatic heterocycles. The molecule has 0 saturated heterocycles. The number of nitrogens with zero attached hydrogens (tertiary/aromatic N) is 3. The van der Waals surface area contributed by atoms with Gasteiger partial charge >= 0.3 is 0 Å². The molecule has 0 spiro atoms. The molecule has 0 fully saturated rings. The standard InChI is InChI=1S/C17H22N4O/c1-18-17(22)14-9-10-15(19-16(14)21(4)5)12-7-6-8-13(11-12)20(2)3/h6-11H,1-5H3,(H,18,22). The molecule has 5 heteroatoms. The normalized spacial score (nSPS) is 10.2. The second-order valence-electron chi connectivity index (χ2n) is 5.49. The highest BCUT2D eigenvalue weighted by Gasteiger charge is 2.14. The Labute approximate surface area is 131 Å². The number of hydrogen-bond donors (Lipinski definition) is 1. The van der Waals surface area contributed by atoms with Crippen molar-refractivity contribution in [1.82, 2.24) is 10.3 Å². The van der Waals surface area contributed by atoms with Gasteiger partial charge in [0.15, 0.2) is 0 Å². The van der Waals surface area contributed by atoms with Crippen LogP contribution in [0.3, 0.4) is 0 Å². The first-order valence-corrected chi connectivity index (χ1v) is 7.12. The molecular formula is C17H22N4O. The fourth-order valence-electron chi connectivity index (χ4n) is 2.21. The molecule has 0 bridgehead atoms. The number of amides is 1. The second-order valence-corrected chi connectivity index (χ2v) is 5.49. The van der Waals surface area contributed by atoms with E-state index in [4.69, 9.17) is 0 Å². The Bertz CT molecular complexity index is 680. The van der Waals surface area contributed by atoms with E-state index in [0.29, 0.717) is 11.4 Å². The number of carbonyl (C=O) groups excluding carboxylic acids is 1. The van der Waals surface area contributed by atoms with Gasteiger partial charge in [0, 0.05) is 46.5 Å². The van der Waals surface area contributed by atoms with Crippen molar-refractivity contribution in [3.63, 3.8) is 0 Å². The second kappa shape index (κ2) is 6.47. The smallest absolute Gasteiger partial charge is 0.254 e. The molecule has 1 amide bonds. The van der Waals surface area contributed by atoms with Crippen LogP contribution in [0.1, 0.15) is 10.4 Å². The van der Waals surface area contributed by atoms with Gasteiger partial charge in [-0.1, -0.05) is 12.1 Å². The zero-order valence-corrected chi connectivity index (χ0v) is 13.7. The molecule has 1 heterocycles. The lowest BCUT2D eigenvalue weighted by Gasteiger charge is -2.17. The molecule has 1 N–H and O–H groups in total. The lowest BCUT2D eigenvalue weighted by Crippen LogP contribution is -2.23. The van der Waals surface area contributed by atoms with E-state index in [2.05, 4.69) is 27.3 Å². The minimum absolute atomic E-state index is 0.134. The Morgan fingerprint density at radius 1 is 1.05 bits per heavy atom. The fourth-order valence-corrected chi connectivity index (χ4v) is 2.21. The first-order valence-electron chi connectivity index (χ1n) is 7.12. The summed E-state index contributed by atoms with van der Waals surface area (Å²) < 4.78 is 0. The van der Waals surface area contributed by atoms with Crippen LogP contribution < -0.4 is 15.1 Å². The van der Waals surface area contributed by atoms with Crippen LogP contribution in [0.5, 0.6) is 0 Å². The molecule has 116 valence electrons. The highest BCUT2D eigenvalue weighted by molar-refractivity contribution is 5.99. The largest absolute Gasteiger partial charge is 0.378 e. The van der Waals surface area contributed by atoms with Crippen molar-refractivity contribution < 1.29 is 4.79 Å². The number of carbonyl (C=O) groups is 1. The van der Waals surface area contributed by atoms with Crippen LogP contribution >= 0.6 is 0 Å². The van der Waals surface area contributed by atoms with Gasteiger partial charge in [-0.05, 0) is 24.3 Å². The van der Waals surface area contributed by atoms with Crippen LogP contribution in [0.2, 0.25) is 0 Å². The number of nitrogens with one attached hydrogen (secondary N) is 1. The molecule has 1 aromatic heterocycles. The summed E-state index contributed by atoms with van der Waals surface area (Å²) in [6.07, 6.45) is 0. The number of hydrogen-bond acceptors (Lipinski definition) is 4. The maximum absolute atomic E-state index is 11.9. The predicted octanol–water partition coefficient (Wildman–Crippen LogP) is 2.24. The number of rotatable bonds is 4. The summed E-state index contributed by atoms with van der Waals surface area (Å²) in [4.78, 5) is 20.5. The Morgan fingerprint density at radius 3 is 2.36 bits per heavy atom. The topological polar surface area (TPSA) is 48.5 Å². The highest BCUT2D eigenvalue weighted by Crippen LogP contribution is 2.26. The van der Waals surface area contributed by atoms with E-state index in [1.54, 1.807) is 7.05 Å². The Hall–Kier alpha value is -2.56. The molecule has 2 rings (SSSR count). The van der Waals surface area contributed by atoms with E-state index in [0.717, 1.165) is 16.9 Å². The minimum Gasteiger partial charge on any atom is -0.378 e. The van der Waals surface area contributed by atoms with Gasteiger partial charge in [-0.15, -0.1) is 0 Å². The molecule has 0 atom stereocenters. The van der Waals surface area contributed by atoms with Gasteiger partial charge < -0.3 is 15.1 Å². The third-order valence-electron chi connectivity index (χ3n) is 3.43. The number of pyridine rings is 1. The first kappa shape index (κ1) is 15.8. The summed E-state index contributed by atoms with van der Waals surface area (Å²) in [5, 5.41) is 2.65. The Morgan fingerprint density at radius 2 is 1.77 bits per heavy atom. The van der Waals surface area contributed by atoms with Gasteiger partial charge in [0.25, 0.3) is 5.91 Å². The third-order valence-corrected chi connectivity index (χ3v) is 3.43. The van der Waals surface area contributed by atoms with E-state index in [9.17, 15) is 4.79 Å². The quantitative estimate of drug-likeness (QED) is 0.940.